The smallest absolute Gasteiger partial charge is 0.129 e. The number of hydrogen-bond donors (Lipinski definition) is 1. The van der Waals surface area contributed by atoms with Crippen molar-refractivity contribution in [2.75, 3.05) is 0 Å². The predicted octanol–water partition coefficient (Wildman–Crippen LogP) is 0.575. The van der Waals surface area contributed by atoms with Crippen molar-refractivity contribution < 1.29 is 0 Å². The molecule has 48 valence electrons. The topological polar surface area (TPSA) is 55.4 Å². The molecule has 0 aliphatic heterocycles. The third-order valence-electron chi connectivity index (χ3n) is 1.27. The number of nitrogens with zero attached hydrogens (tertiary/aromatic N) is 1. The van der Waals surface area contributed by atoms with Crippen molar-refractivity contribution in [3.05, 3.63) is 29.2 Å². The monoisotopic (exact) mass is 124 g/mol. The summed E-state index contributed by atoms with van der Waals surface area (Å²) >= 11 is 0. The van der Waals surface area contributed by atoms with E-state index in [0.29, 0.717) is 0 Å². The third kappa shape index (κ3) is 1.23. The molecule has 2 atom stereocenters. The van der Waals surface area contributed by atoms with Crippen molar-refractivity contribution >= 4 is 0 Å². The summed E-state index contributed by atoms with van der Waals surface area (Å²) in [5.41, 5.74) is 5.46. The first-order valence-electron chi connectivity index (χ1n) is 2.77. The molecule has 1 aliphatic carbocycles. The van der Waals surface area contributed by atoms with Crippen molar-refractivity contribution in [1.29, 1.82) is 0 Å². The minimum Gasteiger partial charge on any atom is -0.322 e. The fraction of sp³-hybridized carbons (Fsp3) is 0.333. The molecule has 2 N–H and O–H groups in total. The molecule has 0 aromatic heterocycles. The molecular weight excluding hydrogens is 116 g/mol. The van der Waals surface area contributed by atoms with Gasteiger partial charge in [-0.3, -0.25) is 0 Å². The number of nitroso groups, excluding NO2 is 1. The number of rotatable bonds is 1. The van der Waals surface area contributed by atoms with Crippen LogP contribution in [0.3, 0.4) is 0 Å². The zero-order valence-corrected chi connectivity index (χ0v) is 4.90. The maximum Gasteiger partial charge on any atom is 0.129 e. The Morgan fingerprint density at radius 1 is 1.33 bits per heavy atom. The summed E-state index contributed by atoms with van der Waals surface area (Å²) in [5, 5.41) is 2.82. The molecule has 0 aromatic rings. The van der Waals surface area contributed by atoms with Gasteiger partial charge >= 0.3 is 0 Å². The molecule has 3 nitrogen and oxygen atoms in total. The van der Waals surface area contributed by atoms with Gasteiger partial charge in [0, 0.05) is 0 Å². The molecule has 0 heterocycles. The SMILES string of the molecule is NC1C=CC=CC1N=O. The molecule has 2 unspecified atom stereocenters. The molecule has 1 aliphatic rings. The second-order valence-corrected chi connectivity index (χ2v) is 1.94. The molecule has 0 saturated carbocycles. The first-order valence-corrected chi connectivity index (χ1v) is 2.77. The minimum absolute atomic E-state index is 0.229. The zero-order valence-electron chi connectivity index (χ0n) is 4.90. The van der Waals surface area contributed by atoms with Gasteiger partial charge in [-0.1, -0.05) is 29.5 Å². The lowest BCUT2D eigenvalue weighted by molar-refractivity contribution is 0.696. The average molecular weight is 124 g/mol. The molecule has 0 spiro atoms. The summed E-state index contributed by atoms with van der Waals surface area (Å²) in [7, 11) is 0. The van der Waals surface area contributed by atoms with Gasteiger partial charge < -0.3 is 5.73 Å². The average Bonchev–Trinajstić information content (AvgIpc) is 1.89. The largest absolute Gasteiger partial charge is 0.322 e. The van der Waals surface area contributed by atoms with Crippen molar-refractivity contribution in [2.45, 2.75) is 12.1 Å². The summed E-state index contributed by atoms with van der Waals surface area (Å²) in [5.74, 6) is 0. The Hall–Kier alpha value is -0.960. The molecule has 0 aromatic carbocycles. The van der Waals surface area contributed by atoms with Crippen LogP contribution in [0.2, 0.25) is 0 Å². The second-order valence-electron chi connectivity index (χ2n) is 1.94. The van der Waals surface area contributed by atoms with Crippen LogP contribution < -0.4 is 5.73 Å². The first kappa shape index (κ1) is 6.16. The zero-order chi connectivity index (χ0) is 6.69. The summed E-state index contributed by atoms with van der Waals surface area (Å²) < 4.78 is 0. The van der Waals surface area contributed by atoms with Gasteiger partial charge in [-0.05, 0) is 0 Å². The highest BCUT2D eigenvalue weighted by Crippen LogP contribution is 2.04. The van der Waals surface area contributed by atoms with E-state index in [1.54, 1.807) is 18.2 Å². The number of hydrogen-bond acceptors (Lipinski definition) is 3. The Bertz CT molecular complexity index is 162. The standard InChI is InChI=1S/C6H8N2O/c7-5-3-1-2-4-6(5)8-9/h1-6H,7H2. The molecule has 0 bridgehead atoms. The van der Waals surface area contributed by atoms with Crippen LogP contribution in [0, 0.1) is 4.91 Å². The highest BCUT2D eigenvalue weighted by atomic mass is 16.3. The van der Waals surface area contributed by atoms with Gasteiger partial charge in [0.2, 0.25) is 0 Å². The number of nitrogens with two attached hydrogens (primary N) is 1. The van der Waals surface area contributed by atoms with Crippen LogP contribution in [0.1, 0.15) is 0 Å². The highest BCUT2D eigenvalue weighted by molar-refractivity contribution is 5.19. The van der Waals surface area contributed by atoms with Gasteiger partial charge in [0.1, 0.15) is 6.04 Å². The van der Waals surface area contributed by atoms with E-state index >= 15 is 0 Å². The summed E-state index contributed by atoms with van der Waals surface area (Å²) in [6.45, 7) is 0. The van der Waals surface area contributed by atoms with Crippen molar-refractivity contribution in [3.8, 4) is 0 Å². The Kier molecular flexibility index (Phi) is 1.75. The maximum atomic E-state index is 9.96. The van der Waals surface area contributed by atoms with Crippen LogP contribution in [0.15, 0.2) is 29.5 Å². The minimum atomic E-state index is -0.366. The molecule has 0 saturated heterocycles. The van der Waals surface area contributed by atoms with Gasteiger partial charge in [0.25, 0.3) is 0 Å². The molecule has 0 fully saturated rings. The van der Waals surface area contributed by atoms with Crippen molar-refractivity contribution in [1.82, 2.24) is 0 Å². The summed E-state index contributed by atoms with van der Waals surface area (Å²) in [4.78, 5) is 9.96. The predicted molar refractivity (Wildman–Crippen MR) is 35.8 cm³/mol. The van der Waals surface area contributed by atoms with Crippen molar-refractivity contribution in [2.24, 2.45) is 10.9 Å². The fourth-order valence-electron chi connectivity index (χ4n) is 0.718. The molecule has 3 heteroatoms. The second kappa shape index (κ2) is 2.55. The summed E-state index contributed by atoms with van der Waals surface area (Å²) in [6.07, 6.45) is 7.03. The fourth-order valence-corrected chi connectivity index (χ4v) is 0.718. The van der Waals surface area contributed by atoms with Gasteiger partial charge in [-0.15, -0.1) is 0 Å². The number of allylic oxidation sites excluding steroid dienone is 2. The molecule has 0 amide bonds. The Morgan fingerprint density at radius 2 is 2.00 bits per heavy atom. The van der Waals surface area contributed by atoms with Crippen LogP contribution in [0.5, 0.6) is 0 Å². The molecule has 0 radical (unpaired) electrons. The molecular formula is C6H8N2O. The van der Waals surface area contributed by atoms with Crippen LogP contribution in [-0.4, -0.2) is 12.1 Å². The quantitative estimate of drug-likeness (QED) is 0.519. The van der Waals surface area contributed by atoms with E-state index in [4.69, 9.17) is 5.73 Å². The first-order chi connectivity index (χ1) is 4.34. The molecule has 9 heavy (non-hydrogen) atoms. The molecule has 1 rings (SSSR count). The van der Waals surface area contributed by atoms with Gasteiger partial charge in [0.15, 0.2) is 0 Å². The highest BCUT2D eigenvalue weighted by Gasteiger charge is 2.13. The van der Waals surface area contributed by atoms with E-state index < -0.39 is 0 Å². The van der Waals surface area contributed by atoms with Gasteiger partial charge in [-0.25, -0.2) is 0 Å². The van der Waals surface area contributed by atoms with E-state index in [0.717, 1.165) is 0 Å². The van der Waals surface area contributed by atoms with Crippen LogP contribution in [0.4, 0.5) is 0 Å². The van der Waals surface area contributed by atoms with E-state index in [2.05, 4.69) is 5.18 Å². The lowest BCUT2D eigenvalue weighted by atomic mass is 10.1. The normalized spacial score (nSPS) is 32.6. The van der Waals surface area contributed by atoms with Crippen LogP contribution >= 0.6 is 0 Å². The lowest BCUT2D eigenvalue weighted by Crippen LogP contribution is -2.30. The van der Waals surface area contributed by atoms with E-state index in [9.17, 15) is 4.91 Å². The Morgan fingerprint density at radius 3 is 2.44 bits per heavy atom. The van der Waals surface area contributed by atoms with Gasteiger partial charge in [-0.2, -0.15) is 4.91 Å². The van der Waals surface area contributed by atoms with E-state index in [1.165, 1.54) is 0 Å². The Balaban J connectivity index is 2.65. The third-order valence-corrected chi connectivity index (χ3v) is 1.27. The van der Waals surface area contributed by atoms with Crippen LogP contribution in [-0.2, 0) is 0 Å². The summed E-state index contributed by atoms with van der Waals surface area (Å²) in [6, 6.07) is -0.595. The maximum absolute atomic E-state index is 9.96. The van der Waals surface area contributed by atoms with Crippen LogP contribution in [0.25, 0.3) is 0 Å². The van der Waals surface area contributed by atoms with Gasteiger partial charge in [0.05, 0.1) is 6.04 Å². The van der Waals surface area contributed by atoms with E-state index in [-0.39, 0.29) is 12.1 Å². The lowest BCUT2D eigenvalue weighted by Gasteiger charge is -2.11. The van der Waals surface area contributed by atoms with E-state index in [1.807, 2.05) is 6.08 Å². The van der Waals surface area contributed by atoms with Crippen molar-refractivity contribution in [3.63, 3.8) is 0 Å². The Labute approximate surface area is 53.2 Å².